The monoisotopic (exact) mass is 327 g/mol. The van der Waals surface area contributed by atoms with Crippen LogP contribution in [0.15, 0.2) is 66.7 Å². The standard InChI is InChI=1S/C20H21NO.ClH/c1-21-14-19(13-18-8-4-5-9-20(18)22)17-11-10-15-6-2-3-7-16(15)12-17;/h2-12,19,21-22H,13-14H2,1H3;1H/t19-;/m0./s1. The van der Waals surface area contributed by atoms with Gasteiger partial charge in [-0.3, -0.25) is 0 Å². The van der Waals surface area contributed by atoms with Crippen LogP contribution in [0.2, 0.25) is 0 Å². The van der Waals surface area contributed by atoms with E-state index in [9.17, 15) is 5.11 Å². The number of aromatic hydroxyl groups is 1. The molecule has 3 aromatic rings. The summed E-state index contributed by atoms with van der Waals surface area (Å²) < 4.78 is 0. The van der Waals surface area contributed by atoms with E-state index < -0.39 is 0 Å². The zero-order valence-corrected chi connectivity index (χ0v) is 14.0. The summed E-state index contributed by atoms with van der Waals surface area (Å²) in [5.41, 5.74) is 2.30. The van der Waals surface area contributed by atoms with Crippen molar-refractivity contribution < 1.29 is 5.11 Å². The van der Waals surface area contributed by atoms with Crippen molar-refractivity contribution in [1.82, 2.24) is 5.32 Å². The first-order valence-electron chi connectivity index (χ1n) is 7.68. The fourth-order valence-corrected chi connectivity index (χ4v) is 2.96. The smallest absolute Gasteiger partial charge is 0.118 e. The fourth-order valence-electron chi connectivity index (χ4n) is 2.96. The van der Waals surface area contributed by atoms with Gasteiger partial charge in [0.25, 0.3) is 0 Å². The summed E-state index contributed by atoms with van der Waals surface area (Å²) in [6.07, 6.45) is 0.825. The number of fused-ring (bicyclic) bond motifs is 1. The molecule has 2 N–H and O–H groups in total. The highest BCUT2D eigenvalue weighted by Crippen LogP contribution is 2.27. The number of para-hydroxylation sites is 1. The summed E-state index contributed by atoms with van der Waals surface area (Å²) in [4.78, 5) is 0. The highest BCUT2D eigenvalue weighted by Gasteiger charge is 2.14. The Kier molecular flexibility index (Phi) is 6.03. The second-order valence-electron chi connectivity index (χ2n) is 5.69. The lowest BCUT2D eigenvalue weighted by atomic mass is 9.90. The number of hydrogen-bond acceptors (Lipinski definition) is 2. The molecule has 2 nitrogen and oxygen atoms in total. The maximum atomic E-state index is 10.0. The van der Waals surface area contributed by atoms with E-state index in [0.29, 0.717) is 11.7 Å². The highest BCUT2D eigenvalue weighted by molar-refractivity contribution is 5.85. The molecule has 0 bridgehead atoms. The van der Waals surface area contributed by atoms with Crippen LogP contribution in [0.3, 0.4) is 0 Å². The molecule has 3 rings (SSSR count). The van der Waals surface area contributed by atoms with E-state index in [-0.39, 0.29) is 12.4 Å². The molecule has 0 fully saturated rings. The third-order valence-corrected chi connectivity index (χ3v) is 4.15. The number of likely N-dealkylation sites (N-methyl/N-ethyl adjacent to an activating group) is 1. The number of benzene rings is 3. The van der Waals surface area contributed by atoms with Crippen LogP contribution in [0, 0.1) is 0 Å². The minimum atomic E-state index is 0. The Hall–Kier alpha value is -2.03. The Morgan fingerprint density at radius 3 is 2.35 bits per heavy atom. The number of phenolic OH excluding ortho intramolecular Hbond substituents is 1. The number of rotatable bonds is 5. The summed E-state index contributed by atoms with van der Waals surface area (Å²) >= 11 is 0. The second-order valence-corrected chi connectivity index (χ2v) is 5.69. The minimum absolute atomic E-state index is 0. The fraction of sp³-hybridized carbons (Fsp3) is 0.200. The molecule has 0 aliphatic heterocycles. The molecule has 120 valence electrons. The molecule has 0 saturated carbocycles. The summed E-state index contributed by atoms with van der Waals surface area (Å²) in [6, 6.07) is 22.7. The zero-order valence-electron chi connectivity index (χ0n) is 13.2. The molecule has 0 aromatic heterocycles. The quantitative estimate of drug-likeness (QED) is 0.722. The molecule has 0 aliphatic carbocycles. The van der Waals surface area contributed by atoms with Crippen LogP contribution in [-0.2, 0) is 6.42 Å². The molecule has 0 radical (unpaired) electrons. The van der Waals surface area contributed by atoms with Gasteiger partial charge in [-0.25, -0.2) is 0 Å². The van der Waals surface area contributed by atoms with E-state index in [2.05, 4.69) is 47.8 Å². The van der Waals surface area contributed by atoms with Crippen LogP contribution in [0.5, 0.6) is 5.75 Å². The summed E-state index contributed by atoms with van der Waals surface area (Å²) in [5, 5.41) is 15.8. The van der Waals surface area contributed by atoms with E-state index in [0.717, 1.165) is 18.5 Å². The molecule has 0 unspecified atom stereocenters. The van der Waals surface area contributed by atoms with Gasteiger partial charge in [0.15, 0.2) is 0 Å². The van der Waals surface area contributed by atoms with Gasteiger partial charge in [-0.2, -0.15) is 0 Å². The van der Waals surface area contributed by atoms with Gasteiger partial charge < -0.3 is 10.4 Å². The Labute approximate surface area is 143 Å². The van der Waals surface area contributed by atoms with Gasteiger partial charge in [0.05, 0.1) is 0 Å². The van der Waals surface area contributed by atoms with Crippen molar-refractivity contribution >= 4 is 23.2 Å². The number of nitrogens with one attached hydrogen (secondary N) is 1. The Morgan fingerprint density at radius 2 is 1.61 bits per heavy atom. The van der Waals surface area contributed by atoms with Gasteiger partial charge in [-0.05, 0) is 41.4 Å². The lowest BCUT2D eigenvalue weighted by Crippen LogP contribution is -2.19. The average molecular weight is 328 g/mol. The molecule has 1 atom stereocenters. The summed E-state index contributed by atoms with van der Waals surface area (Å²) in [6.45, 7) is 0.882. The normalized spacial score (nSPS) is 11.9. The minimum Gasteiger partial charge on any atom is -0.508 e. The van der Waals surface area contributed by atoms with Crippen LogP contribution in [0.25, 0.3) is 10.8 Å². The molecule has 23 heavy (non-hydrogen) atoms. The molecular weight excluding hydrogens is 306 g/mol. The van der Waals surface area contributed by atoms with Crippen molar-refractivity contribution in [1.29, 1.82) is 0 Å². The third-order valence-electron chi connectivity index (χ3n) is 4.15. The molecule has 0 heterocycles. The Bertz CT molecular complexity index is 772. The molecule has 0 spiro atoms. The lowest BCUT2D eigenvalue weighted by Gasteiger charge is -2.18. The average Bonchev–Trinajstić information content (AvgIpc) is 2.56. The van der Waals surface area contributed by atoms with Gasteiger partial charge >= 0.3 is 0 Å². The first-order valence-corrected chi connectivity index (χ1v) is 7.68. The van der Waals surface area contributed by atoms with Gasteiger partial charge in [-0.15, -0.1) is 12.4 Å². The van der Waals surface area contributed by atoms with Gasteiger partial charge in [0, 0.05) is 12.5 Å². The van der Waals surface area contributed by atoms with Crippen LogP contribution in [0.4, 0.5) is 0 Å². The topological polar surface area (TPSA) is 32.3 Å². The zero-order chi connectivity index (χ0) is 15.4. The maximum Gasteiger partial charge on any atom is 0.118 e. The molecule has 0 aliphatic rings. The van der Waals surface area contributed by atoms with Gasteiger partial charge in [0.2, 0.25) is 0 Å². The maximum absolute atomic E-state index is 10.0. The second kappa shape index (κ2) is 8.00. The number of hydrogen-bond donors (Lipinski definition) is 2. The largest absolute Gasteiger partial charge is 0.508 e. The Morgan fingerprint density at radius 1 is 0.913 bits per heavy atom. The first kappa shape index (κ1) is 17.3. The van der Waals surface area contributed by atoms with Crippen LogP contribution in [0.1, 0.15) is 17.0 Å². The van der Waals surface area contributed by atoms with Crippen molar-refractivity contribution in [2.45, 2.75) is 12.3 Å². The van der Waals surface area contributed by atoms with E-state index in [1.54, 1.807) is 6.07 Å². The van der Waals surface area contributed by atoms with Crippen molar-refractivity contribution in [3.05, 3.63) is 77.9 Å². The summed E-state index contributed by atoms with van der Waals surface area (Å²) in [5.74, 6) is 0.715. The van der Waals surface area contributed by atoms with E-state index in [4.69, 9.17) is 0 Å². The van der Waals surface area contributed by atoms with Crippen LogP contribution in [-0.4, -0.2) is 18.7 Å². The number of phenols is 1. The van der Waals surface area contributed by atoms with Crippen molar-refractivity contribution in [2.24, 2.45) is 0 Å². The predicted molar refractivity (Wildman–Crippen MR) is 99.7 cm³/mol. The predicted octanol–water partition coefficient (Wildman–Crippen LogP) is 4.51. The first-order chi connectivity index (χ1) is 10.8. The SMILES string of the molecule is CNC[C@H](Cc1ccccc1O)c1ccc2ccccc2c1.Cl. The molecule has 3 aromatic carbocycles. The molecular formula is C20H22ClNO. The molecule has 3 heteroatoms. The lowest BCUT2D eigenvalue weighted by molar-refractivity contribution is 0.464. The van der Waals surface area contributed by atoms with Gasteiger partial charge in [-0.1, -0.05) is 60.7 Å². The molecule has 0 saturated heterocycles. The van der Waals surface area contributed by atoms with Crippen LogP contribution < -0.4 is 5.32 Å². The van der Waals surface area contributed by atoms with E-state index >= 15 is 0 Å². The van der Waals surface area contributed by atoms with E-state index in [1.807, 2.05) is 25.2 Å². The number of halogens is 1. The van der Waals surface area contributed by atoms with Crippen molar-refractivity contribution in [2.75, 3.05) is 13.6 Å². The molecule has 0 amide bonds. The van der Waals surface area contributed by atoms with Crippen molar-refractivity contribution in [3.63, 3.8) is 0 Å². The van der Waals surface area contributed by atoms with Crippen LogP contribution >= 0.6 is 12.4 Å². The summed E-state index contributed by atoms with van der Waals surface area (Å²) in [7, 11) is 1.97. The third kappa shape index (κ3) is 4.04. The van der Waals surface area contributed by atoms with Crippen molar-refractivity contribution in [3.8, 4) is 5.75 Å². The van der Waals surface area contributed by atoms with E-state index in [1.165, 1.54) is 16.3 Å². The van der Waals surface area contributed by atoms with Gasteiger partial charge in [0.1, 0.15) is 5.75 Å². The highest BCUT2D eigenvalue weighted by atomic mass is 35.5. The Balaban J connectivity index is 0.00000192.